The molecule has 2 aromatic carbocycles. The second-order valence-corrected chi connectivity index (χ2v) is 5.84. The molecule has 4 rings (SSSR count). The monoisotopic (exact) mass is 346 g/mol. The van der Waals surface area contributed by atoms with Gasteiger partial charge in [-0.15, -0.1) is 0 Å². The normalized spacial score (nSPS) is 10.8. The molecule has 5 heteroatoms. The number of rotatable bonds is 4. The number of carbonyl (C=O) groups excluding carboxylic acids is 1. The molecule has 0 atom stereocenters. The molecule has 0 bridgehead atoms. The molecule has 0 aliphatic heterocycles. The maximum atomic E-state index is 13.7. The zero-order chi connectivity index (χ0) is 17.9. The topological polar surface area (TPSA) is 55.1 Å². The summed E-state index contributed by atoms with van der Waals surface area (Å²) in [6, 6.07) is 19.0. The van der Waals surface area contributed by atoms with Crippen molar-refractivity contribution >= 4 is 16.8 Å². The fraction of sp³-hybridized carbons (Fsp3) is 0.0476. The molecule has 2 aromatic heterocycles. The van der Waals surface area contributed by atoms with E-state index in [1.165, 1.54) is 12.1 Å². The molecule has 0 unspecified atom stereocenters. The Kier molecular flexibility index (Phi) is 4.19. The molecule has 0 aliphatic carbocycles. The van der Waals surface area contributed by atoms with E-state index in [4.69, 9.17) is 4.42 Å². The standard InChI is InChI=1S/C21H15FN2O2/c22-15-8-9-19-17(11-15)18(21(25)23-13-16-7-4-10-26-16)12-20(24-19)14-5-2-1-3-6-14/h1-12H,13H2,(H,23,25). The molecular weight excluding hydrogens is 331 g/mol. The van der Waals surface area contributed by atoms with Crippen molar-refractivity contribution in [3.63, 3.8) is 0 Å². The van der Waals surface area contributed by atoms with Crippen LogP contribution in [-0.2, 0) is 6.54 Å². The van der Waals surface area contributed by atoms with Crippen molar-refractivity contribution in [1.82, 2.24) is 10.3 Å². The Morgan fingerprint density at radius 3 is 2.65 bits per heavy atom. The van der Waals surface area contributed by atoms with Crippen LogP contribution in [0.4, 0.5) is 4.39 Å². The minimum Gasteiger partial charge on any atom is -0.467 e. The highest BCUT2D eigenvalue weighted by Crippen LogP contribution is 2.25. The zero-order valence-corrected chi connectivity index (χ0v) is 13.8. The molecule has 1 N–H and O–H groups in total. The summed E-state index contributed by atoms with van der Waals surface area (Å²) in [5, 5.41) is 3.28. The van der Waals surface area contributed by atoms with Crippen LogP contribution in [0.25, 0.3) is 22.2 Å². The Morgan fingerprint density at radius 2 is 1.88 bits per heavy atom. The summed E-state index contributed by atoms with van der Waals surface area (Å²) < 4.78 is 19.0. The molecule has 0 radical (unpaired) electrons. The lowest BCUT2D eigenvalue weighted by Gasteiger charge is -2.10. The minimum absolute atomic E-state index is 0.256. The minimum atomic E-state index is -0.410. The molecule has 26 heavy (non-hydrogen) atoms. The second-order valence-electron chi connectivity index (χ2n) is 5.84. The van der Waals surface area contributed by atoms with Gasteiger partial charge in [-0.3, -0.25) is 4.79 Å². The van der Waals surface area contributed by atoms with Crippen LogP contribution in [0.5, 0.6) is 0 Å². The van der Waals surface area contributed by atoms with E-state index in [0.29, 0.717) is 27.9 Å². The van der Waals surface area contributed by atoms with Gasteiger partial charge in [0, 0.05) is 10.9 Å². The zero-order valence-electron chi connectivity index (χ0n) is 13.8. The van der Waals surface area contributed by atoms with E-state index in [1.54, 1.807) is 30.5 Å². The Morgan fingerprint density at radius 1 is 1.04 bits per heavy atom. The molecule has 1 amide bonds. The molecule has 0 saturated carbocycles. The molecule has 0 spiro atoms. The van der Waals surface area contributed by atoms with Gasteiger partial charge in [-0.1, -0.05) is 30.3 Å². The Bertz CT molecular complexity index is 1060. The number of pyridine rings is 1. The molecule has 4 nitrogen and oxygen atoms in total. The highest BCUT2D eigenvalue weighted by atomic mass is 19.1. The van der Waals surface area contributed by atoms with Crippen molar-refractivity contribution in [3.8, 4) is 11.3 Å². The first-order chi connectivity index (χ1) is 12.7. The van der Waals surface area contributed by atoms with E-state index in [1.807, 2.05) is 30.3 Å². The number of carbonyl (C=O) groups is 1. The molecular formula is C21H15FN2O2. The molecule has 0 aliphatic rings. The molecule has 0 saturated heterocycles. The number of nitrogens with one attached hydrogen (secondary N) is 1. The number of aromatic nitrogens is 1. The van der Waals surface area contributed by atoms with Crippen molar-refractivity contribution in [3.05, 3.63) is 90.1 Å². The summed E-state index contributed by atoms with van der Waals surface area (Å²) in [5.74, 6) is -0.0744. The highest BCUT2D eigenvalue weighted by molar-refractivity contribution is 6.07. The van der Waals surface area contributed by atoms with Crippen molar-refractivity contribution < 1.29 is 13.6 Å². The van der Waals surface area contributed by atoms with Crippen LogP contribution in [0, 0.1) is 5.82 Å². The average molecular weight is 346 g/mol. The van der Waals surface area contributed by atoms with E-state index < -0.39 is 5.82 Å². The van der Waals surface area contributed by atoms with Gasteiger partial charge in [-0.25, -0.2) is 9.37 Å². The van der Waals surface area contributed by atoms with Crippen LogP contribution in [0.1, 0.15) is 16.1 Å². The number of amides is 1. The molecule has 4 aromatic rings. The van der Waals surface area contributed by atoms with E-state index in [-0.39, 0.29) is 12.5 Å². The van der Waals surface area contributed by atoms with Crippen molar-refractivity contribution in [2.24, 2.45) is 0 Å². The predicted octanol–water partition coefficient (Wildman–Crippen LogP) is 4.56. The fourth-order valence-corrected chi connectivity index (χ4v) is 2.82. The molecule has 2 heterocycles. The number of benzene rings is 2. The summed E-state index contributed by atoms with van der Waals surface area (Å²) in [6.07, 6.45) is 1.55. The largest absolute Gasteiger partial charge is 0.467 e. The van der Waals surface area contributed by atoms with Crippen molar-refractivity contribution in [2.45, 2.75) is 6.54 Å². The van der Waals surface area contributed by atoms with E-state index in [9.17, 15) is 9.18 Å². The van der Waals surface area contributed by atoms with Gasteiger partial charge >= 0.3 is 0 Å². The van der Waals surface area contributed by atoms with Gasteiger partial charge in [-0.05, 0) is 36.4 Å². The third-order valence-electron chi connectivity index (χ3n) is 4.09. The number of nitrogens with zero attached hydrogens (tertiary/aromatic N) is 1. The number of hydrogen-bond donors (Lipinski definition) is 1. The van der Waals surface area contributed by atoms with Gasteiger partial charge in [0.25, 0.3) is 5.91 Å². The Labute approximate surface area is 149 Å². The smallest absolute Gasteiger partial charge is 0.252 e. The van der Waals surface area contributed by atoms with Gasteiger partial charge in [0.2, 0.25) is 0 Å². The van der Waals surface area contributed by atoms with Gasteiger partial charge < -0.3 is 9.73 Å². The predicted molar refractivity (Wildman–Crippen MR) is 97.0 cm³/mol. The molecule has 128 valence electrons. The number of fused-ring (bicyclic) bond motifs is 1. The van der Waals surface area contributed by atoms with Crippen LogP contribution < -0.4 is 5.32 Å². The van der Waals surface area contributed by atoms with Gasteiger partial charge in [0.1, 0.15) is 11.6 Å². The summed E-state index contributed by atoms with van der Waals surface area (Å²) in [6.45, 7) is 0.256. The Balaban J connectivity index is 1.77. The van der Waals surface area contributed by atoms with Crippen LogP contribution in [0.2, 0.25) is 0 Å². The lowest BCUT2D eigenvalue weighted by molar-refractivity contribution is 0.0949. The van der Waals surface area contributed by atoms with Crippen LogP contribution in [-0.4, -0.2) is 10.9 Å². The van der Waals surface area contributed by atoms with E-state index >= 15 is 0 Å². The maximum Gasteiger partial charge on any atom is 0.252 e. The van der Waals surface area contributed by atoms with Gasteiger partial charge in [-0.2, -0.15) is 0 Å². The lowest BCUT2D eigenvalue weighted by Crippen LogP contribution is -2.23. The quantitative estimate of drug-likeness (QED) is 0.589. The second kappa shape index (κ2) is 6.80. The van der Waals surface area contributed by atoms with Crippen molar-refractivity contribution in [1.29, 1.82) is 0 Å². The lowest BCUT2D eigenvalue weighted by atomic mass is 10.0. The Hall–Kier alpha value is -3.47. The first-order valence-electron chi connectivity index (χ1n) is 8.17. The van der Waals surface area contributed by atoms with Crippen LogP contribution in [0.3, 0.4) is 0 Å². The fourth-order valence-electron chi connectivity index (χ4n) is 2.82. The highest BCUT2D eigenvalue weighted by Gasteiger charge is 2.15. The maximum absolute atomic E-state index is 13.7. The van der Waals surface area contributed by atoms with E-state index in [2.05, 4.69) is 10.3 Å². The number of halogens is 1. The van der Waals surface area contributed by atoms with E-state index in [0.717, 1.165) is 5.56 Å². The van der Waals surface area contributed by atoms with Gasteiger partial charge in [0.05, 0.1) is 29.6 Å². The van der Waals surface area contributed by atoms with Gasteiger partial charge in [0.15, 0.2) is 0 Å². The van der Waals surface area contributed by atoms with Crippen LogP contribution in [0.15, 0.2) is 77.4 Å². The summed E-state index contributed by atoms with van der Waals surface area (Å²) in [7, 11) is 0. The van der Waals surface area contributed by atoms with Crippen molar-refractivity contribution in [2.75, 3.05) is 0 Å². The summed E-state index contributed by atoms with van der Waals surface area (Å²) in [5.41, 5.74) is 2.49. The summed E-state index contributed by atoms with van der Waals surface area (Å²) >= 11 is 0. The first-order valence-corrected chi connectivity index (χ1v) is 8.17. The third-order valence-corrected chi connectivity index (χ3v) is 4.09. The number of furan rings is 1. The average Bonchev–Trinajstić information content (AvgIpc) is 3.19. The number of hydrogen-bond acceptors (Lipinski definition) is 3. The summed E-state index contributed by atoms with van der Waals surface area (Å²) in [4.78, 5) is 17.3. The molecule has 0 fully saturated rings. The SMILES string of the molecule is O=C(NCc1ccco1)c1cc(-c2ccccc2)nc2ccc(F)cc12. The van der Waals surface area contributed by atoms with Crippen LogP contribution >= 0.6 is 0 Å². The third kappa shape index (κ3) is 3.19. The first kappa shape index (κ1) is 16.0.